The highest BCUT2D eigenvalue weighted by molar-refractivity contribution is 7.89. The number of sulfonamides is 1. The molecule has 1 N–H and O–H groups in total. The first kappa shape index (κ1) is 14.7. The van der Waals surface area contributed by atoms with E-state index in [0.29, 0.717) is 12.8 Å². The molecule has 8 heteroatoms. The van der Waals surface area contributed by atoms with Gasteiger partial charge in [-0.1, -0.05) is 11.6 Å². The highest BCUT2D eigenvalue weighted by Gasteiger charge is 2.54. The van der Waals surface area contributed by atoms with Crippen LogP contribution >= 0.6 is 11.6 Å². The SMILES string of the molecule is O=C(O)C1CC2CCC1N2S(=O)(=O)c1cc(Cl)ccc1F. The fourth-order valence-corrected chi connectivity index (χ4v) is 5.61. The summed E-state index contributed by atoms with van der Waals surface area (Å²) in [7, 11) is -4.08. The van der Waals surface area contributed by atoms with E-state index in [2.05, 4.69) is 0 Å². The first-order chi connectivity index (χ1) is 9.82. The number of benzene rings is 1. The number of hydrogen-bond donors (Lipinski definition) is 1. The highest BCUT2D eigenvalue weighted by Crippen LogP contribution is 2.45. The normalized spacial score (nSPS) is 29.0. The number of nitrogens with zero attached hydrogens (tertiary/aromatic N) is 1. The number of rotatable bonds is 3. The minimum absolute atomic E-state index is 0.122. The van der Waals surface area contributed by atoms with E-state index in [0.717, 1.165) is 12.1 Å². The molecule has 3 atom stereocenters. The van der Waals surface area contributed by atoms with Crippen LogP contribution in [0.1, 0.15) is 19.3 Å². The van der Waals surface area contributed by atoms with E-state index in [1.807, 2.05) is 0 Å². The fourth-order valence-electron chi connectivity index (χ4n) is 3.37. The van der Waals surface area contributed by atoms with Crippen LogP contribution < -0.4 is 0 Å². The fraction of sp³-hybridized carbons (Fsp3) is 0.462. The molecule has 0 aliphatic carbocycles. The van der Waals surface area contributed by atoms with Gasteiger partial charge < -0.3 is 5.11 Å². The maximum absolute atomic E-state index is 13.9. The third kappa shape index (κ3) is 2.23. The molecule has 0 spiro atoms. The summed E-state index contributed by atoms with van der Waals surface area (Å²) in [6.07, 6.45) is 1.38. The van der Waals surface area contributed by atoms with E-state index in [1.165, 1.54) is 10.4 Å². The molecule has 2 bridgehead atoms. The van der Waals surface area contributed by atoms with Gasteiger partial charge in [-0.3, -0.25) is 4.79 Å². The van der Waals surface area contributed by atoms with Gasteiger partial charge in [0.15, 0.2) is 0 Å². The van der Waals surface area contributed by atoms with Gasteiger partial charge in [-0.05, 0) is 37.5 Å². The maximum atomic E-state index is 13.9. The second-order valence-electron chi connectivity index (χ2n) is 5.39. The van der Waals surface area contributed by atoms with E-state index >= 15 is 0 Å². The van der Waals surface area contributed by atoms with Crippen LogP contribution in [0, 0.1) is 11.7 Å². The summed E-state index contributed by atoms with van der Waals surface area (Å²) >= 11 is 5.75. The zero-order valence-corrected chi connectivity index (χ0v) is 12.4. The van der Waals surface area contributed by atoms with Crippen LogP contribution in [0.25, 0.3) is 0 Å². The van der Waals surface area contributed by atoms with Crippen molar-refractivity contribution in [1.29, 1.82) is 0 Å². The smallest absolute Gasteiger partial charge is 0.308 e. The van der Waals surface area contributed by atoms with Crippen LogP contribution in [0.3, 0.4) is 0 Å². The lowest BCUT2D eigenvalue weighted by atomic mass is 9.89. The van der Waals surface area contributed by atoms with E-state index in [-0.39, 0.29) is 17.5 Å². The second kappa shape index (κ2) is 4.93. The minimum Gasteiger partial charge on any atom is -0.481 e. The molecule has 1 aromatic rings. The number of halogens is 2. The van der Waals surface area contributed by atoms with Crippen LogP contribution in [-0.4, -0.2) is 35.9 Å². The lowest BCUT2D eigenvalue weighted by molar-refractivity contribution is -0.142. The first-order valence-electron chi connectivity index (χ1n) is 6.54. The average Bonchev–Trinajstić information content (AvgIpc) is 2.99. The molecule has 3 rings (SSSR count). The highest BCUT2D eigenvalue weighted by atomic mass is 35.5. The van der Waals surface area contributed by atoms with E-state index in [1.54, 1.807) is 0 Å². The van der Waals surface area contributed by atoms with Gasteiger partial charge in [0, 0.05) is 17.1 Å². The molecule has 2 fully saturated rings. The van der Waals surface area contributed by atoms with Crippen LogP contribution in [0.4, 0.5) is 4.39 Å². The summed E-state index contributed by atoms with van der Waals surface area (Å²) in [5.74, 6) is -2.60. The second-order valence-corrected chi connectivity index (χ2v) is 7.64. The van der Waals surface area contributed by atoms with Gasteiger partial charge >= 0.3 is 5.97 Å². The number of hydrogen-bond acceptors (Lipinski definition) is 3. The molecular weight excluding hydrogens is 321 g/mol. The van der Waals surface area contributed by atoms with Crippen molar-refractivity contribution < 1.29 is 22.7 Å². The summed E-state index contributed by atoms with van der Waals surface area (Å²) in [6, 6.07) is 2.37. The Morgan fingerprint density at radius 3 is 2.71 bits per heavy atom. The van der Waals surface area contributed by atoms with Crippen LogP contribution in [0.2, 0.25) is 5.02 Å². The zero-order valence-electron chi connectivity index (χ0n) is 10.9. The Morgan fingerprint density at radius 2 is 2.10 bits per heavy atom. The van der Waals surface area contributed by atoms with Crippen molar-refractivity contribution in [3.63, 3.8) is 0 Å². The molecule has 5 nitrogen and oxygen atoms in total. The minimum atomic E-state index is -4.08. The quantitative estimate of drug-likeness (QED) is 0.919. The van der Waals surface area contributed by atoms with Crippen molar-refractivity contribution in [2.24, 2.45) is 5.92 Å². The van der Waals surface area contributed by atoms with E-state index < -0.39 is 38.7 Å². The van der Waals surface area contributed by atoms with Crippen molar-refractivity contribution in [3.05, 3.63) is 29.0 Å². The Morgan fingerprint density at radius 1 is 1.38 bits per heavy atom. The van der Waals surface area contributed by atoms with Gasteiger partial charge in [-0.25, -0.2) is 12.8 Å². The Bertz CT molecular complexity index is 708. The van der Waals surface area contributed by atoms with Gasteiger partial charge in [0.25, 0.3) is 0 Å². The molecule has 0 radical (unpaired) electrons. The molecule has 114 valence electrons. The Kier molecular flexibility index (Phi) is 3.46. The number of carboxylic acids is 1. The van der Waals surface area contributed by atoms with Gasteiger partial charge in [-0.2, -0.15) is 4.31 Å². The van der Waals surface area contributed by atoms with Gasteiger partial charge in [0.1, 0.15) is 10.7 Å². The number of carboxylic acid groups (broad SMARTS) is 1. The average molecular weight is 334 g/mol. The van der Waals surface area contributed by atoms with Crippen LogP contribution in [0.15, 0.2) is 23.1 Å². The molecule has 0 amide bonds. The largest absolute Gasteiger partial charge is 0.481 e. The standard InChI is InChI=1S/C13H13ClFNO4S/c14-7-1-3-10(15)12(5-7)21(19,20)16-8-2-4-11(16)9(6-8)13(17)18/h1,3,5,8-9,11H,2,4,6H2,(H,17,18). The van der Waals surface area contributed by atoms with Crippen LogP contribution in [-0.2, 0) is 14.8 Å². The van der Waals surface area contributed by atoms with Crippen molar-refractivity contribution in [3.8, 4) is 0 Å². The molecule has 2 saturated heterocycles. The summed E-state index contributed by atoms with van der Waals surface area (Å²) in [6.45, 7) is 0. The van der Waals surface area contributed by atoms with Crippen molar-refractivity contribution in [1.82, 2.24) is 4.31 Å². The van der Waals surface area contributed by atoms with E-state index in [4.69, 9.17) is 11.6 Å². The molecule has 2 aliphatic rings. The molecule has 2 heterocycles. The summed E-state index contributed by atoms with van der Waals surface area (Å²) in [5, 5.41) is 9.29. The third-order valence-electron chi connectivity index (χ3n) is 4.24. The summed E-state index contributed by atoms with van der Waals surface area (Å²) in [5.41, 5.74) is 0. The third-order valence-corrected chi connectivity index (χ3v) is 6.47. The molecular formula is C13H13ClFNO4S. The predicted octanol–water partition coefficient (Wildman–Crippen LogP) is 2.11. The Balaban J connectivity index is 2.04. The van der Waals surface area contributed by atoms with Crippen molar-refractivity contribution in [2.75, 3.05) is 0 Å². The van der Waals surface area contributed by atoms with Crippen LogP contribution in [0.5, 0.6) is 0 Å². The summed E-state index contributed by atoms with van der Waals surface area (Å²) < 4.78 is 40.4. The number of carbonyl (C=O) groups is 1. The molecule has 2 aliphatic heterocycles. The van der Waals surface area contributed by atoms with Gasteiger partial charge in [-0.15, -0.1) is 0 Å². The first-order valence-corrected chi connectivity index (χ1v) is 8.35. The van der Waals surface area contributed by atoms with E-state index in [9.17, 15) is 22.7 Å². The Hall–Kier alpha value is -1.18. The molecule has 21 heavy (non-hydrogen) atoms. The zero-order chi connectivity index (χ0) is 15.4. The molecule has 1 aromatic carbocycles. The topological polar surface area (TPSA) is 74.7 Å². The predicted molar refractivity (Wildman–Crippen MR) is 73.0 cm³/mol. The summed E-state index contributed by atoms with van der Waals surface area (Å²) in [4.78, 5) is 10.7. The Labute approximate surface area is 126 Å². The molecule has 0 saturated carbocycles. The molecule has 3 unspecified atom stereocenters. The molecule has 0 aromatic heterocycles. The lowest BCUT2D eigenvalue weighted by Crippen LogP contribution is -2.38. The number of aliphatic carboxylic acids is 1. The lowest BCUT2D eigenvalue weighted by Gasteiger charge is -2.22. The monoisotopic (exact) mass is 333 g/mol. The number of fused-ring (bicyclic) bond motifs is 2. The van der Waals surface area contributed by atoms with Gasteiger partial charge in [0.2, 0.25) is 10.0 Å². The van der Waals surface area contributed by atoms with Crippen molar-refractivity contribution in [2.45, 2.75) is 36.2 Å². The van der Waals surface area contributed by atoms with Crippen molar-refractivity contribution >= 4 is 27.6 Å². The van der Waals surface area contributed by atoms with Gasteiger partial charge in [0.05, 0.1) is 5.92 Å². The maximum Gasteiger partial charge on any atom is 0.308 e.